The number of Topliss-reactive ketones (excluding diaryl/α,β-unsaturated/α-hetero) is 1. The zero-order chi connectivity index (χ0) is 10.4. The van der Waals surface area contributed by atoms with E-state index in [4.69, 9.17) is 10.2 Å². The molecule has 1 aliphatic rings. The molecule has 1 aliphatic carbocycles. The first-order chi connectivity index (χ1) is 6.77. The summed E-state index contributed by atoms with van der Waals surface area (Å²) in [7, 11) is 0. The maximum absolute atomic E-state index is 11.2. The lowest BCUT2D eigenvalue weighted by Gasteiger charge is -2.32. The van der Waals surface area contributed by atoms with Crippen LogP contribution in [0.15, 0.2) is 0 Å². The van der Waals surface area contributed by atoms with Gasteiger partial charge in [-0.1, -0.05) is 0 Å². The zero-order valence-corrected chi connectivity index (χ0v) is 8.48. The summed E-state index contributed by atoms with van der Waals surface area (Å²) in [6.07, 6.45) is 3.23. The topological polar surface area (TPSA) is 60.8 Å². The van der Waals surface area contributed by atoms with E-state index in [9.17, 15) is 4.79 Å². The fourth-order valence-electron chi connectivity index (χ4n) is 2.05. The molecule has 0 amide bonds. The Morgan fingerprint density at radius 1 is 1.29 bits per heavy atom. The smallest absolute Gasteiger partial charge is 0.134 e. The van der Waals surface area contributed by atoms with Gasteiger partial charge in [-0.15, -0.1) is 0 Å². The van der Waals surface area contributed by atoms with E-state index in [1.807, 2.05) is 4.90 Å². The van der Waals surface area contributed by atoms with Crippen LogP contribution in [-0.2, 0) is 4.79 Å². The van der Waals surface area contributed by atoms with Crippen LogP contribution >= 0.6 is 0 Å². The number of rotatable bonds is 5. The molecule has 2 N–H and O–H groups in total. The van der Waals surface area contributed by atoms with Crippen LogP contribution in [0.2, 0.25) is 0 Å². The SMILES string of the molecule is O=C1CCCC(N(CCO)CCO)C1. The Balaban J connectivity index is 2.43. The Hall–Kier alpha value is -0.450. The van der Waals surface area contributed by atoms with E-state index in [1.165, 1.54) is 0 Å². The van der Waals surface area contributed by atoms with Crippen LogP contribution in [0.3, 0.4) is 0 Å². The first-order valence-electron chi connectivity index (χ1n) is 5.25. The van der Waals surface area contributed by atoms with Crippen molar-refractivity contribution < 1.29 is 15.0 Å². The number of aliphatic hydroxyl groups is 2. The predicted octanol–water partition coefficient (Wildman–Crippen LogP) is -0.215. The summed E-state index contributed by atoms with van der Waals surface area (Å²) in [6, 6.07) is 0.232. The van der Waals surface area contributed by atoms with Crippen molar-refractivity contribution in [1.29, 1.82) is 0 Å². The molecule has 4 nitrogen and oxygen atoms in total. The summed E-state index contributed by atoms with van der Waals surface area (Å²) in [5.41, 5.74) is 0. The lowest BCUT2D eigenvalue weighted by atomic mass is 9.93. The third-order valence-corrected chi connectivity index (χ3v) is 2.75. The molecule has 0 aromatic heterocycles. The molecule has 1 unspecified atom stereocenters. The quantitative estimate of drug-likeness (QED) is 0.646. The molecule has 0 aliphatic heterocycles. The molecule has 1 atom stereocenters. The first kappa shape index (κ1) is 11.6. The van der Waals surface area contributed by atoms with Crippen LogP contribution in [0.4, 0.5) is 0 Å². The number of aliphatic hydroxyl groups excluding tert-OH is 2. The van der Waals surface area contributed by atoms with Crippen LogP contribution in [-0.4, -0.2) is 53.2 Å². The highest BCUT2D eigenvalue weighted by molar-refractivity contribution is 5.79. The summed E-state index contributed by atoms with van der Waals surface area (Å²) in [6.45, 7) is 1.28. The number of hydrogen-bond acceptors (Lipinski definition) is 4. The van der Waals surface area contributed by atoms with Crippen molar-refractivity contribution >= 4 is 5.78 Å². The van der Waals surface area contributed by atoms with Gasteiger partial charge < -0.3 is 10.2 Å². The maximum Gasteiger partial charge on any atom is 0.134 e. The largest absolute Gasteiger partial charge is 0.395 e. The summed E-state index contributed by atoms with van der Waals surface area (Å²) in [5.74, 6) is 0.308. The molecule has 0 aromatic carbocycles. The van der Waals surface area contributed by atoms with Crippen LogP contribution < -0.4 is 0 Å². The van der Waals surface area contributed by atoms with E-state index in [2.05, 4.69) is 0 Å². The van der Waals surface area contributed by atoms with Gasteiger partial charge in [0.05, 0.1) is 13.2 Å². The van der Waals surface area contributed by atoms with Crippen molar-refractivity contribution in [3.05, 3.63) is 0 Å². The van der Waals surface area contributed by atoms with Crippen molar-refractivity contribution in [2.24, 2.45) is 0 Å². The molecule has 0 heterocycles. The minimum atomic E-state index is 0.0880. The molecule has 82 valence electrons. The molecule has 1 fully saturated rings. The Kier molecular flexibility index (Phi) is 5.07. The highest BCUT2D eigenvalue weighted by atomic mass is 16.3. The van der Waals surface area contributed by atoms with Gasteiger partial charge in [0.15, 0.2) is 0 Å². The normalized spacial score (nSPS) is 23.1. The van der Waals surface area contributed by atoms with E-state index < -0.39 is 0 Å². The van der Waals surface area contributed by atoms with E-state index in [0.29, 0.717) is 31.7 Å². The van der Waals surface area contributed by atoms with Gasteiger partial charge in [0.2, 0.25) is 0 Å². The summed E-state index contributed by atoms with van der Waals surface area (Å²) in [5, 5.41) is 17.7. The van der Waals surface area contributed by atoms with Crippen LogP contribution in [0.25, 0.3) is 0 Å². The average molecular weight is 201 g/mol. The molecule has 0 bridgehead atoms. The zero-order valence-electron chi connectivity index (χ0n) is 8.48. The molecule has 4 heteroatoms. The standard InChI is InChI=1S/C10H19NO3/c12-6-4-11(5-7-13)9-2-1-3-10(14)8-9/h9,12-13H,1-8H2. The number of nitrogens with zero attached hydrogens (tertiary/aromatic N) is 1. The number of hydrogen-bond donors (Lipinski definition) is 2. The second-order valence-electron chi connectivity index (χ2n) is 3.77. The van der Waals surface area contributed by atoms with Crippen molar-refractivity contribution in [2.45, 2.75) is 31.7 Å². The molecule has 1 saturated carbocycles. The van der Waals surface area contributed by atoms with Gasteiger partial charge in [0, 0.05) is 32.0 Å². The first-order valence-corrected chi connectivity index (χ1v) is 5.25. The minimum Gasteiger partial charge on any atom is -0.395 e. The number of ketones is 1. The van der Waals surface area contributed by atoms with Crippen LogP contribution in [0.5, 0.6) is 0 Å². The molecular formula is C10H19NO3. The van der Waals surface area contributed by atoms with E-state index >= 15 is 0 Å². The van der Waals surface area contributed by atoms with Crippen molar-refractivity contribution in [2.75, 3.05) is 26.3 Å². The van der Waals surface area contributed by atoms with E-state index in [0.717, 1.165) is 12.8 Å². The fourth-order valence-corrected chi connectivity index (χ4v) is 2.05. The summed E-state index contributed by atoms with van der Waals surface area (Å²) >= 11 is 0. The van der Waals surface area contributed by atoms with Crippen LogP contribution in [0.1, 0.15) is 25.7 Å². The monoisotopic (exact) mass is 201 g/mol. The third-order valence-electron chi connectivity index (χ3n) is 2.75. The second-order valence-corrected chi connectivity index (χ2v) is 3.77. The highest BCUT2D eigenvalue weighted by Crippen LogP contribution is 2.19. The average Bonchev–Trinajstić information content (AvgIpc) is 2.17. The Morgan fingerprint density at radius 3 is 2.43 bits per heavy atom. The third kappa shape index (κ3) is 3.36. The summed E-state index contributed by atoms with van der Waals surface area (Å²) < 4.78 is 0. The van der Waals surface area contributed by atoms with Gasteiger partial charge in [-0.2, -0.15) is 0 Å². The Bertz CT molecular complexity index is 178. The van der Waals surface area contributed by atoms with Gasteiger partial charge in [0.25, 0.3) is 0 Å². The Labute approximate surface area is 84.5 Å². The molecule has 0 spiro atoms. The van der Waals surface area contributed by atoms with Crippen molar-refractivity contribution in [1.82, 2.24) is 4.90 Å². The lowest BCUT2D eigenvalue weighted by molar-refractivity contribution is -0.122. The van der Waals surface area contributed by atoms with Gasteiger partial charge in [-0.25, -0.2) is 0 Å². The highest BCUT2D eigenvalue weighted by Gasteiger charge is 2.24. The van der Waals surface area contributed by atoms with Gasteiger partial charge >= 0.3 is 0 Å². The maximum atomic E-state index is 11.2. The second kappa shape index (κ2) is 6.11. The van der Waals surface area contributed by atoms with E-state index in [1.54, 1.807) is 0 Å². The molecule has 1 rings (SSSR count). The molecular weight excluding hydrogens is 182 g/mol. The molecule has 0 radical (unpaired) electrons. The van der Waals surface area contributed by atoms with Crippen molar-refractivity contribution in [3.8, 4) is 0 Å². The van der Waals surface area contributed by atoms with Gasteiger partial charge in [-0.3, -0.25) is 9.69 Å². The predicted molar refractivity (Wildman–Crippen MR) is 53.0 cm³/mol. The van der Waals surface area contributed by atoms with Gasteiger partial charge in [-0.05, 0) is 12.8 Å². The lowest BCUT2D eigenvalue weighted by Crippen LogP contribution is -2.42. The van der Waals surface area contributed by atoms with Gasteiger partial charge in [0.1, 0.15) is 5.78 Å². The number of carbonyl (C=O) groups is 1. The van der Waals surface area contributed by atoms with E-state index in [-0.39, 0.29) is 19.3 Å². The molecule has 0 aromatic rings. The minimum absolute atomic E-state index is 0.0880. The summed E-state index contributed by atoms with van der Waals surface area (Å²) in [4.78, 5) is 13.2. The van der Waals surface area contributed by atoms with Crippen molar-refractivity contribution in [3.63, 3.8) is 0 Å². The molecule has 0 saturated heterocycles. The molecule has 14 heavy (non-hydrogen) atoms. The number of carbonyl (C=O) groups excluding carboxylic acids is 1. The fraction of sp³-hybridized carbons (Fsp3) is 0.900. The Morgan fingerprint density at radius 2 is 1.93 bits per heavy atom. The van der Waals surface area contributed by atoms with Crippen LogP contribution in [0, 0.1) is 0 Å².